The summed E-state index contributed by atoms with van der Waals surface area (Å²) < 4.78 is 7.50. The van der Waals surface area contributed by atoms with Gasteiger partial charge >= 0.3 is 0 Å². The second-order valence-electron chi connectivity index (χ2n) is 4.07. The number of ether oxygens (including phenoxy) is 1. The van der Waals surface area contributed by atoms with Crippen LogP contribution in [-0.4, -0.2) is 14.7 Å². The first-order valence-electron chi connectivity index (χ1n) is 5.61. The van der Waals surface area contributed by atoms with Crippen LogP contribution in [0.4, 0.5) is 0 Å². The van der Waals surface area contributed by atoms with Crippen LogP contribution in [0.1, 0.15) is 17.0 Å². The minimum atomic E-state index is -0.0433. The Morgan fingerprint density at radius 1 is 1.44 bits per heavy atom. The zero-order valence-electron chi connectivity index (χ0n) is 10.4. The van der Waals surface area contributed by atoms with Gasteiger partial charge in [0.1, 0.15) is 23.3 Å². The largest absolute Gasteiger partial charge is 0.485 e. The van der Waals surface area contributed by atoms with E-state index in [4.69, 9.17) is 16.3 Å². The van der Waals surface area contributed by atoms with E-state index in [0.717, 1.165) is 17.0 Å². The Kier molecular flexibility index (Phi) is 3.89. The number of aryl methyl sites for hydroxylation is 1. The highest BCUT2D eigenvalue weighted by Gasteiger charge is 2.09. The van der Waals surface area contributed by atoms with Crippen LogP contribution in [0.5, 0.6) is 5.75 Å². The Bertz CT molecular complexity index is 552. The first kappa shape index (κ1) is 12.9. The van der Waals surface area contributed by atoms with Crippen molar-refractivity contribution in [3.63, 3.8) is 0 Å². The standard InChI is InChI=1S/C13H15ClN2O2/c1-9-4-3-5-10(7-17)13(9)18-8-12-15-6-11(14)16(12)2/h3-6,17H,7-8H2,1-2H3. The van der Waals surface area contributed by atoms with E-state index in [-0.39, 0.29) is 6.61 Å². The van der Waals surface area contributed by atoms with Crippen LogP contribution >= 0.6 is 11.6 Å². The Morgan fingerprint density at radius 3 is 2.83 bits per heavy atom. The number of imidazole rings is 1. The van der Waals surface area contributed by atoms with Crippen LogP contribution in [0.3, 0.4) is 0 Å². The van der Waals surface area contributed by atoms with Gasteiger partial charge in [0, 0.05) is 12.6 Å². The van der Waals surface area contributed by atoms with Crippen molar-refractivity contribution in [3.05, 3.63) is 46.5 Å². The van der Waals surface area contributed by atoms with Gasteiger partial charge in [-0.15, -0.1) is 0 Å². The summed E-state index contributed by atoms with van der Waals surface area (Å²) in [6.45, 7) is 2.22. The molecule has 0 aliphatic carbocycles. The molecule has 0 aliphatic heterocycles. The SMILES string of the molecule is Cc1cccc(CO)c1OCc1ncc(Cl)n1C. The quantitative estimate of drug-likeness (QED) is 0.925. The predicted molar refractivity (Wildman–Crippen MR) is 69.7 cm³/mol. The fraction of sp³-hybridized carbons (Fsp3) is 0.308. The molecule has 1 aromatic carbocycles. The molecule has 0 amide bonds. The molecule has 2 aromatic rings. The van der Waals surface area contributed by atoms with E-state index in [1.165, 1.54) is 0 Å². The van der Waals surface area contributed by atoms with E-state index >= 15 is 0 Å². The lowest BCUT2D eigenvalue weighted by atomic mass is 10.1. The molecule has 18 heavy (non-hydrogen) atoms. The highest BCUT2D eigenvalue weighted by atomic mass is 35.5. The molecule has 0 bridgehead atoms. The lowest BCUT2D eigenvalue weighted by Gasteiger charge is -2.12. The first-order valence-corrected chi connectivity index (χ1v) is 5.99. The zero-order valence-corrected chi connectivity index (χ0v) is 11.1. The van der Waals surface area contributed by atoms with Crippen molar-refractivity contribution in [2.75, 3.05) is 0 Å². The van der Waals surface area contributed by atoms with Crippen molar-refractivity contribution in [2.45, 2.75) is 20.1 Å². The van der Waals surface area contributed by atoms with E-state index in [1.54, 1.807) is 10.8 Å². The molecule has 0 aliphatic rings. The van der Waals surface area contributed by atoms with Crippen LogP contribution in [0.15, 0.2) is 24.4 Å². The summed E-state index contributed by atoms with van der Waals surface area (Å²) in [5, 5.41) is 9.85. The number of para-hydroxylation sites is 1. The van der Waals surface area contributed by atoms with Crippen molar-refractivity contribution in [1.82, 2.24) is 9.55 Å². The molecule has 2 rings (SSSR count). The van der Waals surface area contributed by atoms with Gasteiger partial charge in [-0.3, -0.25) is 0 Å². The molecular weight excluding hydrogens is 252 g/mol. The third-order valence-electron chi connectivity index (χ3n) is 2.84. The van der Waals surface area contributed by atoms with Crippen molar-refractivity contribution in [3.8, 4) is 5.75 Å². The molecule has 5 heteroatoms. The molecule has 0 radical (unpaired) electrons. The summed E-state index contributed by atoms with van der Waals surface area (Å²) in [5.41, 5.74) is 1.76. The lowest BCUT2D eigenvalue weighted by molar-refractivity contribution is 0.253. The maximum absolute atomic E-state index is 9.28. The summed E-state index contributed by atoms with van der Waals surface area (Å²) in [4.78, 5) is 4.16. The van der Waals surface area contributed by atoms with Crippen LogP contribution in [0, 0.1) is 6.92 Å². The number of aliphatic hydroxyl groups excluding tert-OH is 1. The number of hydrogen-bond acceptors (Lipinski definition) is 3. The summed E-state index contributed by atoms with van der Waals surface area (Å²) in [6, 6.07) is 5.68. The monoisotopic (exact) mass is 266 g/mol. The van der Waals surface area contributed by atoms with Crippen molar-refractivity contribution < 1.29 is 9.84 Å². The Hall–Kier alpha value is -1.52. The van der Waals surface area contributed by atoms with E-state index in [0.29, 0.717) is 17.5 Å². The zero-order chi connectivity index (χ0) is 13.1. The number of rotatable bonds is 4. The molecule has 4 nitrogen and oxygen atoms in total. The predicted octanol–water partition coefficient (Wildman–Crippen LogP) is 2.45. The van der Waals surface area contributed by atoms with Gasteiger partial charge in [-0.25, -0.2) is 4.98 Å². The fourth-order valence-electron chi connectivity index (χ4n) is 1.74. The molecular formula is C13H15ClN2O2. The number of nitrogens with zero attached hydrogens (tertiary/aromatic N) is 2. The van der Waals surface area contributed by atoms with E-state index in [9.17, 15) is 5.11 Å². The Labute approximate surface area is 111 Å². The minimum Gasteiger partial charge on any atom is -0.485 e. The number of aromatic nitrogens is 2. The van der Waals surface area contributed by atoms with Crippen molar-refractivity contribution in [1.29, 1.82) is 0 Å². The maximum atomic E-state index is 9.28. The molecule has 0 fully saturated rings. The van der Waals surface area contributed by atoms with Crippen molar-refractivity contribution >= 4 is 11.6 Å². The van der Waals surface area contributed by atoms with Gasteiger partial charge in [0.15, 0.2) is 0 Å². The molecule has 1 heterocycles. The average molecular weight is 267 g/mol. The number of benzene rings is 1. The summed E-state index contributed by atoms with van der Waals surface area (Å²) >= 11 is 5.91. The second kappa shape index (κ2) is 5.42. The number of hydrogen-bond donors (Lipinski definition) is 1. The van der Waals surface area contributed by atoms with Gasteiger partial charge in [-0.1, -0.05) is 29.8 Å². The normalized spacial score (nSPS) is 10.7. The molecule has 1 aromatic heterocycles. The molecule has 0 saturated heterocycles. The summed E-state index contributed by atoms with van der Waals surface area (Å²) in [5.74, 6) is 1.45. The molecule has 0 atom stereocenters. The smallest absolute Gasteiger partial charge is 0.147 e. The molecule has 1 N–H and O–H groups in total. The molecule has 0 spiro atoms. The summed E-state index contributed by atoms with van der Waals surface area (Å²) in [7, 11) is 1.83. The minimum absolute atomic E-state index is 0.0433. The second-order valence-corrected chi connectivity index (χ2v) is 4.45. The van der Waals surface area contributed by atoms with Crippen LogP contribution in [0.2, 0.25) is 5.15 Å². The van der Waals surface area contributed by atoms with Crippen molar-refractivity contribution in [2.24, 2.45) is 7.05 Å². The highest BCUT2D eigenvalue weighted by molar-refractivity contribution is 6.29. The molecule has 0 unspecified atom stereocenters. The van der Waals surface area contributed by atoms with Crippen LogP contribution in [0.25, 0.3) is 0 Å². The highest BCUT2D eigenvalue weighted by Crippen LogP contribution is 2.24. The van der Waals surface area contributed by atoms with Gasteiger partial charge < -0.3 is 14.4 Å². The van der Waals surface area contributed by atoms with E-state index in [1.807, 2.05) is 32.2 Å². The van der Waals surface area contributed by atoms with Gasteiger partial charge in [-0.05, 0) is 12.5 Å². The Morgan fingerprint density at radius 2 is 2.22 bits per heavy atom. The first-order chi connectivity index (χ1) is 8.63. The van der Waals surface area contributed by atoms with E-state index < -0.39 is 0 Å². The topological polar surface area (TPSA) is 47.3 Å². The Balaban J connectivity index is 2.18. The van der Waals surface area contributed by atoms with Gasteiger partial charge in [0.2, 0.25) is 0 Å². The summed E-state index contributed by atoms with van der Waals surface area (Å²) in [6.07, 6.45) is 1.59. The molecule has 96 valence electrons. The lowest BCUT2D eigenvalue weighted by Crippen LogP contribution is -2.06. The van der Waals surface area contributed by atoms with Gasteiger partial charge in [0.25, 0.3) is 0 Å². The number of aliphatic hydroxyl groups is 1. The average Bonchev–Trinajstić information content (AvgIpc) is 2.68. The van der Waals surface area contributed by atoms with Gasteiger partial charge in [-0.2, -0.15) is 0 Å². The van der Waals surface area contributed by atoms with Crippen LogP contribution < -0.4 is 4.74 Å². The van der Waals surface area contributed by atoms with Crippen LogP contribution in [-0.2, 0) is 20.3 Å². The third kappa shape index (κ3) is 2.49. The van der Waals surface area contributed by atoms with Gasteiger partial charge in [0.05, 0.1) is 12.8 Å². The fourth-order valence-corrected chi connectivity index (χ4v) is 1.89. The van der Waals surface area contributed by atoms with E-state index in [2.05, 4.69) is 4.98 Å². The molecule has 0 saturated carbocycles. The maximum Gasteiger partial charge on any atom is 0.147 e. The number of halogens is 1. The third-order valence-corrected chi connectivity index (χ3v) is 3.19.